The highest BCUT2D eigenvalue weighted by molar-refractivity contribution is 7.92. The van der Waals surface area contributed by atoms with Crippen LogP contribution in [0.3, 0.4) is 0 Å². The number of nitrogens with zero attached hydrogens (tertiary/aromatic N) is 1. The summed E-state index contributed by atoms with van der Waals surface area (Å²) in [6.07, 6.45) is 7.34. The van der Waals surface area contributed by atoms with Crippen LogP contribution in [0, 0.1) is 6.92 Å². The van der Waals surface area contributed by atoms with Crippen LogP contribution >= 0.6 is 0 Å². The van der Waals surface area contributed by atoms with E-state index in [0.717, 1.165) is 16.7 Å². The fourth-order valence-corrected chi connectivity index (χ4v) is 3.63. The minimum atomic E-state index is -3.70. The van der Waals surface area contributed by atoms with Gasteiger partial charge in [0.05, 0.1) is 17.7 Å². The minimum Gasteiger partial charge on any atom is -0.497 e. The molecule has 0 bridgehead atoms. The second-order valence-electron chi connectivity index (χ2n) is 5.93. The van der Waals surface area contributed by atoms with Gasteiger partial charge in [-0.3, -0.25) is 9.71 Å². The van der Waals surface area contributed by atoms with E-state index in [4.69, 9.17) is 4.74 Å². The molecule has 1 heterocycles. The molecule has 0 atom stereocenters. The molecule has 6 heteroatoms. The Morgan fingerprint density at radius 2 is 1.67 bits per heavy atom. The Hall–Kier alpha value is -3.12. The lowest BCUT2D eigenvalue weighted by Crippen LogP contribution is -2.13. The average Bonchev–Trinajstić information content (AvgIpc) is 2.68. The van der Waals surface area contributed by atoms with E-state index in [1.54, 1.807) is 36.7 Å². The van der Waals surface area contributed by atoms with Gasteiger partial charge in [-0.2, -0.15) is 0 Å². The van der Waals surface area contributed by atoms with E-state index in [1.807, 2.05) is 37.3 Å². The van der Waals surface area contributed by atoms with E-state index in [0.29, 0.717) is 11.4 Å². The van der Waals surface area contributed by atoms with E-state index in [1.165, 1.54) is 19.2 Å². The largest absolute Gasteiger partial charge is 0.497 e. The predicted molar refractivity (Wildman–Crippen MR) is 108 cm³/mol. The first kappa shape index (κ1) is 18.7. The molecule has 0 aliphatic heterocycles. The molecule has 0 unspecified atom stereocenters. The smallest absolute Gasteiger partial charge is 0.261 e. The van der Waals surface area contributed by atoms with Gasteiger partial charge in [0.1, 0.15) is 5.75 Å². The van der Waals surface area contributed by atoms with Gasteiger partial charge in [0.25, 0.3) is 10.0 Å². The number of hydrogen-bond acceptors (Lipinski definition) is 4. The quantitative estimate of drug-likeness (QED) is 0.689. The summed E-state index contributed by atoms with van der Waals surface area (Å²) in [5, 5.41) is 0. The van der Waals surface area contributed by atoms with Crippen LogP contribution in [0.4, 0.5) is 5.69 Å². The van der Waals surface area contributed by atoms with E-state index in [2.05, 4.69) is 9.71 Å². The molecule has 2 aromatic carbocycles. The van der Waals surface area contributed by atoms with Gasteiger partial charge >= 0.3 is 0 Å². The van der Waals surface area contributed by atoms with Crippen molar-refractivity contribution in [3.63, 3.8) is 0 Å². The fourth-order valence-electron chi connectivity index (χ4n) is 2.54. The Bertz CT molecular complexity index is 1060. The Morgan fingerprint density at radius 3 is 2.37 bits per heavy atom. The zero-order valence-electron chi connectivity index (χ0n) is 15.1. The number of aromatic nitrogens is 1. The van der Waals surface area contributed by atoms with Crippen molar-refractivity contribution < 1.29 is 13.2 Å². The second-order valence-corrected chi connectivity index (χ2v) is 7.62. The SMILES string of the molecule is COc1ccc(S(=O)(=O)Nc2ccccc2/C=C/c2ccncc2C)cc1. The van der Waals surface area contributed by atoms with Crippen LogP contribution in [0.5, 0.6) is 5.75 Å². The van der Waals surface area contributed by atoms with Gasteiger partial charge in [-0.15, -0.1) is 0 Å². The lowest BCUT2D eigenvalue weighted by molar-refractivity contribution is 0.414. The van der Waals surface area contributed by atoms with Crippen molar-refractivity contribution in [1.82, 2.24) is 4.98 Å². The first-order valence-corrected chi connectivity index (χ1v) is 9.82. The highest BCUT2D eigenvalue weighted by atomic mass is 32.2. The number of pyridine rings is 1. The van der Waals surface area contributed by atoms with Crippen LogP contribution in [-0.2, 0) is 10.0 Å². The van der Waals surface area contributed by atoms with E-state index in [9.17, 15) is 8.42 Å². The summed E-state index contributed by atoms with van der Waals surface area (Å²) in [5.41, 5.74) is 3.35. The third-order valence-corrected chi connectivity index (χ3v) is 5.46. The first-order valence-electron chi connectivity index (χ1n) is 8.34. The van der Waals surface area contributed by atoms with Crippen LogP contribution in [0.15, 0.2) is 71.9 Å². The van der Waals surface area contributed by atoms with Crippen LogP contribution in [0.25, 0.3) is 12.2 Å². The Labute approximate surface area is 159 Å². The molecule has 0 fully saturated rings. The minimum absolute atomic E-state index is 0.173. The van der Waals surface area contributed by atoms with Gasteiger partial charge in [0.2, 0.25) is 0 Å². The molecule has 138 valence electrons. The number of hydrogen-bond donors (Lipinski definition) is 1. The van der Waals surface area contributed by atoms with Gasteiger partial charge in [-0.25, -0.2) is 8.42 Å². The maximum atomic E-state index is 12.7. The number of sulfonamides is 1. The number of benzene rings is 2. The second kappa shape index (κ2) is 8.05. The Balaban J connectivity index is 1.88. The normalized spacial score (nSPS) is 11.5. The van der Waals surface area contributed by atoms with Crippen molar-refractivity contribution in [3.8, 4) is 5.75 Å². The molecule has 0 aliphatic carbocycles. The molecule has 0 aliphatic rings. The number of para-hydroxylation sites is 1. The molecule has 3 aromatic rings. The van der Waals surface area contributed by atoms with Crippen molar-refractivity contribution >= 4 is 27.9 Å². The summed E-state index contributed by atoms with van der Waals surface area (Å²) in [6.45, 7) is 1.98. The summed E-state index contributed by atoms with van der Waals surface area (Å²) in [6, 6.07) is 15.4. The number of methoxy groups -OCH3 is 1. The zero-order chi connectivity index (χ0) is 19.3. The summed E-state index contributed by atoms with van der Waals surface area (Å²) < 4.78 is 33.1. The van der Waals surface area contributed by atoms with Gasteiger partial charge in [-0.1, -0.05) is 30.4 Å². The van der Waals surface area contributed by atoms with Crippen LogP contribution < -0.4 is 9.46 Å². The van der Waals surface area contributed by atoms with Gasteiger partial charge in [-0.05, 0) is 60.0 Å². The number of ether oxygens (including phenoxy) is 1. The maximum absolute atomic E-state index is 12.7. The van der Waals surface area contributed by atoms with E-state index >= 15 is 0 Å². The molecule has 1 N–H and O–H groups in total. The van der Waals surface area contributed by atoms with Crippen molar-refractivity contribution in [3.05, 3.63) is 83.7 Å². The van der Waals surface area contributed by atoms with E-state index in [-0.39, 0.29) is 4.90 Å². The standard InChI is InChI=1S/C21H20N2O3S/c1-16-15-22-14-13-17(16)7-8-18-5-3-4-6-21(18)23-27(24,25)20-11-9-19(26-2)10-12-20/h3-15,23H,1-2H3/b8-7+. The van der Waals surface area contributed by atoms with Crippen molar-refractivity contribution in [2.24, 2.45) is 0 Å². The van der Waals surface area contributed by atoms with Crippen molar-refractivity contribution in [2.45, 2.75) is 11.8 Å². The van der Waals surface area contributed by atoms with Crippen LogP contribution in [0.2, 0.25) is 0 Å². The highest BCUT2D eigenvalue weighted by Crippen LogP contribution is 2.23. The van der Waals surface area contributed by atoms with Gasteiger partial charge < -0.3 is 4.74 Å². The summed E-state index contributed by atoms with van der Waals surface area (Å²) in [4.78, 5) is 4.25. The molecule has 0 saturated carbocycles. The molecular weight excluding hydrogens is 360 g/mol. The lowest BCUT2D eigenvalue weighted by Gasteiger charge is -2.11. The molecule has 0 spiro atoms. The Morgan fingerprint density at radius 1 is 0.963 bits per heavy atom. The topological polar surface area (TPSA) is 68.3 Å². The number of nitrogens with one attached hydrogen (secondary N) is 1. The van der Waals surface area contributed by atoms with Crippen LogP contribution in [0.1, 0.15) is 16.7 Å². The van der Waals surface area contributed by atoms with Gasteiger partial charge in [0.15, 0.2) is 0 Å². The molecule has 27 heavy (non-hydrogen) atoms. The summed E-state index contributed by atoms with van der Waals surface area (Å²) in [7, 11) is -2.16. The van der Waals surface area contributed by atoms with Crippen molar-refractivity contribution in [2.75, 3.05) is 11.8 Å². The van der Waals surface area contributed by atoms with Crippen LogP contribution in [-0.4, -0.2) is 20.5 Å². The third kappa shape index (κ3) is 4.54. The predicted octanol–water partition coefficient (Wildman–Crippen LogP) is 4.37. The number of rotatable bonds is 6. The zero-order valence-corrected chi connectivity index (χ0v) is 15.9. The average molecular weight is 380 g/mol. The number of anilines is 1. The van der Waals surface area contributed by atoms with Gasteiger partial charge in [0, 0.05) is 12.4 Å². The lowest BCUT2D eigenvalue weighted by atomic mass is 10.1. The van der Waals surface area contributed by atoms with E-state index < -0.39 is 10.0 Å². The summed E-state index contributed by atoms with van der Waals surface area (Å²) in [5.74, 6) is 0.602. The molecule has 1 aromatic heterocycles. The molecular formula is C21H20N2O3S. The van der Waals surface area contributed by atoms with Crippen molar-refractivity contribution in [1.29, 1.82) is 0 Å². The fraction of sp³-hybridized carbons (Fsp3) is 0.0952. The Kier molecular flexibility index (Phi) is 5.57. The number of aryl methyl sites for hydroxylation is 1. The first-order chi connectivity index (χ1) is 13.0. The maximum Gasteiger partial charge on any atom is 0.261 e. The summed E-state index contributed by atoms with van der Waals surface area (Å²) >= 11 is 0. The molecule has 0 radical (unpaired) electrons. The molecule has 0 saturated heterocycles. The highest BCUT2D eigenvalue weighted by Gasteiger charge is 2.15. The molecule has 0 amide bonds. The third-order valence-electron chi connectivity index (χ3n) is 4.08. The monoisotopic (exact) mass is 380 g/mol. The molecule has 3 rings (SSSR count). The molecule has 5 nitrogen and oxygen atoms in total.